The van der Waals surface area contributed by atoms with E-state index in [4.69, 9.17) is 0 Å². The molecule has 0 bridgehead atoms. The molecule has 106 valence electrons. The van der Waals surface area contributed by atoms with Crippen LogP contribution in [0, 0.1) is 0 Å². The van der Waals surface area contributed by atoms with Gasteiger partial charge in [-0.2, -0.15) is 4.31 Å². The molecule has 6 heteroatoms. The number of pyridine rings is 1. The van der Waals surface area contributed by atoms with Crippen LogP contribution in [0.25, 0.3) is 0 Å². The van der Waals surface area contributed by atoms with Crippen molar-refractivity contribution in [1.82, 2.24) is 14.6 Å². The maximum atomic E-state index is 12.7. The fraction of sp³-hybridized carbons (Fsp3) is 0.615. The fourth-order valence-corrected chi connectivity index (χ4v) is 4.14. The minimum atomic E-state index is -3.43. The highest BCUT2D eigenvalue weighted by Gasteiger charge is 2.31. The lowest BCUT2D eigenvalue weighted by molar-refractivity contribution is 0.266. The van der Waals surface area contributed by atoms with E-state index in [0.29, 0.717) is 6.54 Å². The number of hydrogen-bond acceptors (Lipinski definition) is 4. The largest absolute Gasteiger partial charge is 0.315 e. The van der Waals surface area contributed by atoms with Crippen molar-refractivity contribution < 1.29 is 8.42 Å². The van der Waals surface area contributed by atoms with Gasteiger partial charge < -0.3 is 5.32 Å². The van der Waals surface area contributed by atoms with Crippen LogP contribution in [0.15, 0.2) is 29.4 Å². The van der Waals surface area contributed by atoms with Gasteiger partial charge in [0, 0.05) is 31.5 Å². The molecule has 1 aliphatic heterocycles. The Balaban J connectivity index is 2.27. The summed E-state index contributed by atoms with van der Waals surface area (Å²) >= 11 is 0. The quantitative estimate of drug-likeness (QED) is 0.883. The lowest BCUT2D eigenvalue weighted by atomic mass is 10.1. The van der Waals surface area contributed by atoms with Gasteiger partial charge in [-0.1, -0.05) is 6.92 Å². The first kappa shape index (κ1) is 14.4. The molecule has 1 aromatic rings. The zero-order valence-electron chi connectivity index (χ0n) is 11.2. The zero-order valence-corrected chi connectivity index (χ0v) is 12.1. The fourth-order valence-electron chi connectivity index (χ4n) is 2.43. The first-order chi connectivity index (χ1) is 9.16. The average molecular weight is 283 g/mol. The normalized spacial score (nSPS) is 20.6. The molecule has 1 fully saturated rings. The SMILES string of the molecule is CCCN(C1CCCNC1)S(=O)(=O)c1cccnc1. The number of hydrogen-bond donors (Lipinski definition) is 1. The summed E-state index contributed by atoms with van der Waals surface area (Å²) in [6, 6.07) is 3.33. The number of rotatable bonds is 5. The van der Waals surface area contributed by atoms with Gasteiger partial charge in [-0.15, -0.1) is 0 Å². The van der Waals surface area contributed by atoms with E-state index in [1.165, 1.54) is 6.20 Å². The molecule has 2 heterocycles. The molecule has 0 aliphatic carbocycles. The van der Waals surface area contributed by atoms with Crippen molar-refractivity contribution in [3.8, 4) is 0 Å². The van der Waals surface area contributed by atoms with Crippen molar-refractivity contribution in [2.75, 3.05) is 19.6 Å². The minimum Gasteiger partial charge on any atom is -0.315 e. The number of piperidine rings is 1. The molecule has 0 radical (unpaired) electrons. The van der Waals surface area contributed by atoms with Gasteiger partial charge in [0.15, 0.2) is 0 Å². The van der Waals surface area contributed by atoms with Crippen LogP contribution in [0.5, 0.6) is 0 Å². The van der Waals surface area contributed by atoms with Crippen molar-refractivity contribution in [3.63, 3.8) is 0 Å². The van der Waals surface area contributed by atoms with E-state index in [2.05, 4.69) is 10.3 Å². The number of nitrogens with one attached hydrogen (secondary N) is 1. The Hall–Kier alpha value is -0.980. The molecule has 0 aromatic carbocycles. The van der Waals surface area contributed by atoms with Crippen molar-refractivity contribution in [2.24, 2.45) is 0 Å². The van der Waals surface area contributed by atoms with Gasteiger partial charge in [0.2, 0.25) is 10.0 Å². The van der Waals surface area contributed by atoms with E-state index >= 15 is 0 Å². The molecule has 5 nitrogen and oxygen atoms in total. The number of sulfonamides is 1. The average Bonchev–Trinajstić information content (AvgIpc) is 2.46. The maximum Gasteiger partial charge on any atom is 0.244 e. The Morgan fingerprint density at radius 3 is 2.95 bits per heavy atom. The van der Waals surface area contributed by atoms with Crippen LogP contribution in [0.3, 0.4) is 0 Å². The van der Waals surface area contributed by atoms with E-state index < -0.39 is 10.0 Å². The molecule has 1 atom stereocenters. The van der Waals surface area contributed by atoms with E-state index in [-0.39, 0.29) is 10.9 Å². The summed E-state index contributed by atoms with van der Waals surface area (Å²) in [6.07, 6.45) is 5.77. The summed E-state index contributed by atoms with van der Waals surface area (Å²) < 4.78 is 27.0. The van der Waals surface area contributed by atoms with Gasteiger partial charge in [-0.05, 0) is 37.9 Å². The number of nitrogens with zero attached hydrogens (tertiary/aromatic N) is 2. The Morgan fingerprint density at radius 2 is 2.37 bits per heavy atom. The van der Waals surface area contributed by atoms with Gasteiger partial charge in [0.05, 0.1) is 0 Å². The highest BCUT2D eigenvalue weighted by atomic mass is 32.2. The van der Waals surface area contributed by atoms with Gasteiger partial charge in [0.25, 0.3) is 0 Å². The Morgan fingerprint density at radius 1 is 1.53 bits per heavy atom. The molecule has 0 saturated carbocycles. The Bertz CT molecular complexity index is 484. The van der Waals surface area contributed by atoms with E-state index in [1.54, 1.807) is 22.6 Å². The first-order valence-electron chi connectivity index (χ1n) is 6.79. The summed E-state index contributed by atoms with van der Waals surface area (Å²) in [7, 11) is -3.43. The summed E-state index contributed by atoms with van der Waals surface area (Å²) in [6.45, 7) is 4.27. The second kappa shape index (κ2) is 6.45. The highest BCUT2D eigenvalue weighted by molar-refractivity contribution is 7.89. The topological polar surface area (TPSA) is 62.3 Å². The zero-order chi connectivity index (χ0) is 13.7. The van der Waals surface area contributed by atoms with Crippen LogP contribution in [-0.2, 0) is 10.0 Å². The smallest absolute Gasteiger partial charge is 0.244 e. The molecule has 1 aliphatic rings. The molecule has 19 heavy (non-hydrogen) atoms. The lowest BCUT2D eigenvalue weighted by Crippen LogP contribution is -2.48. The van der Waals surface area contributed by atoms with Crippen LogP contribution in [-0.4, -0.2) is 43.4 Å². The molecule has 1 saturated heterocycles. The first-order valence-corrected chi connectivity index (χ1v) is 8.23. The van der Waals surface area contributed by atoms with Crippen LogP contribution < -0.4 is 5.32 Å². The van der Waals surface area contributed by atoms with Crippen molar-refractivity contribution >= 4 is 10.0 Å². The molecule has 2 rings (SSSR count). The Labute approximate surface area is 115 Å². The van der Waals surface area contributed by atoms with Gasteiger partial charge in [-0.25, -0.2) is 8.42 Å². The third kappa shape index (κ3) is 3.32. The monoisotopic (exact) mass is 283 g/mol. The minimum absolute atomic E-state index is 0.0545. The predicted octanol–water partition coefficient (Wildman–Crippen LogP) is 1.23. The molecule has 0 amide bonds. The van der Waals surface area contributed by atoms with Crippen LogP contribution in [0.2, 0.25) is 0 Å². The summed E-state index contributed by atoms with van der Waals surface area (Å²) in [4.78, 5) is 4.20. The summed E-state index contributed by atoms with van der Waals surface area (Å²) in [5, 5.41) is 3.28. The van der Waals surface area contributed by atoms with Crippen LogP contribution in [0.1, 0.15) is 26.2 Å². The van der Waals surface area contributed by atoms with Crippen LogP contribution >= 0.6 is 0 Å². The lowest BCUT2D eigenvalue weighted by Gasteiger charge is -2.33. The van der Waals surface area contributed by atoms with Crippen molar-refractivity contribution in [1.29, 1.82) is 0 Å². The molecule has 0 spiro atoms. The predicted molar refractivity (Wildman–Crippen MR) is 74.3 cm³/mol. The maximum absolute atomic E-state index is 12.7. The third-order valence-corrected chi connectivity index (χ3v) is 5.30. The van der Waals surface area contributed by atoms with E-state index in [0.717, 1.165) is 32.4 Å². The van der Waals surface area contributed by atoms with Crippen LogP contribution in [0.4, 0.5) is 0 Å². The van der Waals surface area contributed by atoms with Crippen molar-refractivity contribution in [2.45, 2.75) is 37.1 Å². The van der Waals surface area contributed by atoms with E-state index in [1.807, 2.05) is 6.92 Å². The third-order valence-electron chi connectivity index (χ3n) is 3.36. The van der Waals surface area contributed by atoms with Gasteiger partial charge >= 0.3 is 0 Å². The molecule has 1 N–H and O–H groups in total. The van der Waals surface area contributed by atoms with Gasteiger partial charge in [-0.3, -0.25) is 4.98 Å². The second-order valence-electron chi connectivity index (χ2n) is 4.80. The van der Waals surface area contributed by atoms with Crippen molar-refractivity contribution in [3.05, 3.63) is 24.5 Å². The molecule has 1 unspecified atom stereocenters. The standard InChI is InChI=1S/C13H21N3O2S/c1-2-9-16(12-5-3-7-14-10-12)19(17,18)13-6-4-8-15-11-13/h4,6,8,11-12,14H,2-3,5,7,9-10H2,1H3. The molecular weight excluding hydrogens is 262 g/mol. The molecular formula is C13H21N3O2S. The number of aromatic nitrogens is 1. The molecule has 1 aromatic heterocycles. The second-order valence-corrected chi connectivity index (χ2v) is 6.70. The Kier molecular flexibility index (Phi) is 4.90. The summed E-state index contributed by atoms with van der Waals surface area (Å²) in [5.41, 5.74) is 0. The highest BCUT2D eigenvalue weighted by Crippen LogP contribution is 2.21. The summed E-state index contributed by atoms with van der Waals surface area (Å²) in [5.74, 6) is 0. The van der Waals surface area contributed by atoms with Gasteiger partial charge in [0.1, 0.15) is 4.90 Å². The van der Waals surface area contributed by atoms with E-state index in [9.17, 15) is 8.42 Å².